The fraction of sp³-hybridized carbons (Fsp3) is 0.727. The molecule has 0 bridgehead atoms. The second-order valence-electron chi connectivity index (χ2n) is 4.46. The Bertz CT molecular complexity index is 327. The Hall–Kier alpha value is -1.43. The molecule has 1 heterocycles. The third-order valence-corrected chi connectivity index (χ3v) is 2.81. The van der Waals surface area contributed by atoms with E-state index in [-0.39, 0.29) is 30.7 Å². The van der Waals surface area contributed by atoms with Crippen molar-refractivity contribution in [3.63, 3.8) is 0 Å². The number of carbonyl (C=O) groups excluding carboxylic acids is 2. The summed E-state index contributed by atoms with van der Waals surface area (Å²) in [7, 11) is 0. The fourth-order valence-corrected chi connectivity index (χ4v) is 1.99. The molecule has 1 rings (SSSR count). The number of aliphatic carboxylic acids is 1. The molecule has 1 aliphatic heterocycles. The zero-order valence-electron chi connectivity index (χ0n) is 10.1. The first kappa shape index (κ1) is 13.6. The van der Waals surface area contributed by atoms with Gasteiger partial charge < -0.3 is 5.11 Å². The summed E-state index contributed by atoms with van der Waals surface area (Å²) in [6.07, 6.45) is 0.723. The lowest BCUT2D eigenvalue weighted by Gasteiger charge is -2.30. The van der Waals surface area contributed by atoms with Crippen molar-refractivity contribution in [2.24, 2.45) is 0 Å². The number of hydrogen-bond donors (Lipinski definition) is 2. The normalized spacial score (nSPS) is 20.1. The van der Waals surface area contributed by atoms with E-state index in [2.05, 4.69) is 5.32 Å². The summed E-state index contributed by atoms with van der Waals surface area (Å²) in [5.41, 5.74) is 0. The Morgan fingerprint density at radius 2 is 2.18 bits per heavy atom. The van der Waals surface area contributed by atoms with Crippen molar-refractivity contribution in [3.8, 4) is 0 Å². The van der Waals surface area contributed by atoms with Crippen LogP contribution in [-0.2, 0) is 14.4 Å². The smallest absolute Gasteiger partial charge is 0.303 e. The van der Waals surface area contributed by atoms with Crippen LogP contribution < -0.4 is 5.32 Å². The van der Waals surface area contributed by atoms with Crippen LogP contribution in [0.2, 0.25) is 0 Å². The first-order chi connectivity index (χ1) is 7.91. The van der Waals surface area contributed by atoms with Gasteiger partial charge in [-0.2, -0.15) is 0 Å². The van der Waals surface area contributed by atoms with Crippen molar-refractivity contribution in [1.29, 1.82) is 0 Å². The van der Waals surface area contributed by atoms with E-state index in [1.54, 1.807) is 0 Å². The Morgan fingerprint density at radius 1 is 1.53 bits per heavy atom. The molecular weight excluding hydrogens is 224 g/mol. The first-order valence-electron chi connectivity index (χ1n) is 5.73. The highest BCUT2D eigenvalue weighted by Crippen LogP contribution is 2.15. The van der Waals surface area contributed by atoms with Crippen molar-refractivity contribution in [2.45, 2.75) is 45.2 Å². The molecule has 0 saturated carbocycles. The third kappa shape index (κ3) is 3.81. The summed E-state index contributed by atoms with van der Waals surface area (Å²) < 4.78 is 0. The molecule has 1 saturated heterocycles. The van der Waals surface area contributed by atoms with Crippen LogP contribution >= 0.6 is 0 Å². The molecule has 1 aliphatic rings. The van der Waals surface area contributed by atoms with Crippen molar-refractivity contribution in [2.75, 3.05) is 6.54 Å². The number of carbonyl (C=O) groups is 3. The van der Waals surface area contributed by atoms with Gasteiger partial charge in [-0.3, -0.25) is 24.6 Å². The second kappa shape index (κ2) is 5.77. The number of imide groups is 1. The molecular formula is C11H18N2O4. The van der Waals surface area contributed by atoms with E-state index in [9.17, 15) is 14.4 Å². The number of carboxylic acids is 1. The molecule has 6 heteroatoms. The van der Waals surface area contributed by atoms with Crippen LogP contribution in [0.3, 0.4) is 0 Å². The predicted molar refractivity (Wildman–Crippen MR) is 60.3 cm³/mol. The van der Waals surface area contributed by atoms with Crippen molar-refractivity contribution < 1.29 is 19.5 Å². The van der Waals surface area contributed by atoms with Gasteiger partial charge in [0, 0.05) is 12.5 Å². The van der Waals surface area contributed by atoms with Crippen LogP contribution in [0.5, 0.6) is 0 Å². The van der Waals surface area contributed by atoms with Gasteiger partial charge in [0.1, 0.15) is 0 Å². The van der Waals surface area contributed by atoms with Gasteiger partial charge in [-0.1, -0.05) is 0 Å². The molecule has 0 aromatic rings. The SMILES string of the molecule is CC(C)N(CCCC(=O)O)C1CC(=O)NC1=O. The lowest BCUT2D eigenvalue weighted by Crippen LogP contribution is -2.45. The number of rotatable bonds is 6. The molecule has 2 N–H and O–H groups in total. The van der Waals surface area contributed by atoms with Gasteiger partial charge in [0.25, 0.3) is 0 Å². The maximum atomic E-state index is 11.5. The Kier molecular flexibility index (Phi) is 4.62. The van der Waals surface area contributed by atoms with Crippen LogP contribution in [0.4, 0.5) is 0 Å². The highest BCUT2D eigenvalue weighted by Gasteiger charge is 2.36. The molecule has 1 fully saturated rings. The Labute approximate surface area is 100.0 Å². The molecule has 1 unspecified atom stereocenters. The molecule has 96 valence electrons. The number of nitrogens with zero attached hydrogens (tertiary/aromatic N) is 1. The monoisotopic (exact) mass is 242 g/mol. The maximum Gasteiger partial charge on any atom is 0.303 e. The molecule has 0 radical (unpaired) electrons. The topological polar surface area (TPSA) is 86.7 Å². The number of nitrogens with one attached hydrogen (secondary N) is 1. The third-order valence-electron chi connectivity index (χ3n) is 2.81. The van der Waals surface area contributed by atoms with Crippen molar-refractivity contribution >= 4 is 17.8 Å². The van der Waals surface area contributed by atoms with Crippen LogP contribution in [0, 0.1) is 0 Å². The average Bonchev–Trinajstić information content (AvgIpc) is 2.51. The molecule has 17 heavy (non-hydrogen) atoms. The summed E-state index contributed by atoms with van der Waals surface area (Å²) in [5.74, 6) is -1.39. The molecule has 6 nitrogen and oxygen atoms in total. The van der Waals surface area contributed by atoms with Crippen molar-refractivity contribution in [3.05, 3.63) is 0 Å². The highest BCUT2D eigenvalue weighted by molar-refractivity contribution is 6.05. The van der Waals surface area contributed by atoms with Gasteiger partial charge in [-0.05, 0) is 26.8 Å². The van der Waals surface area contributed by atoms with E-state index in [1.807, 2.05) is 18.7 Å². The number of carboxylic acid groups (broad SMARTS) is 1. The van der Waals surface area contributed by atoms with E-state index in [4.69, 9.17) is 5.11 Å². The standard InChI is InChI=1S/C11H18N2O4/c1-7(2)13(5-3-4-10(15)16)8-6-9(14)12-11(8)17/h7-8H,3-6H2,1-2H3,(H,15,16)(H,12,14,17). The van der Waals surface area contributed by atoms with Gasteiger partial charge in [0.05, 0.1) is 12.5 Å². The minimum atomic E-state index is -0.847. The zero-order chi connectivity index (χ0) is 13.0. The van der Waals surface area contributed by atoms with Crippen LogP contribution in [0.25, 0.3) is 0 Å². The van der Waals surface area contributed by atoms with E-state index < -0.39 is 12.0 Å². The zero-order valence-corrected chi connectivity index (χ0v) is 10.1. The molecule has 0 aliphatic carbocycles. The number of amides is 2. The number of hydrogen-bond acceptors (Lipinski definition) is 4. The Balaban J connectivity index is 2.56. The van der Waals surface area contributed by atoms with Crippen LogP contribution in [0.1, 0.15) is 33.1 Å². The second-order valence-corrected chi connectivity index (χ2v) is 4.46. The molecule has 0 aromatic carbocycles. The summed E-state index contributed by atoms with van der Waals surface area (Å²) in [6, 6.07) is -0.346. The van der Waals surface area contributed by atoms with Gasteiger partial charge >= 0.3 is 5.97 Å². The van der Waals surface area contributed by atoms with Gasteiger partial charge in [-0.25, -0.2) is 0 Å². The summed E-state index contributed by atoms with van der Waals surface area (Å²) in [6.45, 7) is 4.36. The lowest BCUT2D eigenvalue weighted by atomic mass is 10.1. The Morgan fingerprint density at radius 3 is 2.59 bits per heavy atom. The van der Waals surface area contributed by atoms with Crippen LogP contribution in [0.15, 0.2) is 0 Å². The van der Waals surface area contributed by atoms with Gasteiger partial charge in [0.2, 0.25) is 11.8 Å². The lowest BCUT2D eigenvalue weighted by molar-refractivity contribution is -0.137. The molecule has 2 amide bonds. The predicted octanol–water partition coefficient (Wildman–Crippen LogP) is -0.0233. The van der Waals surface area contributed by atoms with E-state index in [1.165, 1.54) is 0 Å². The van der Waals surface area contributed by atoms with Gasteiger partial charge in [0.15, 0.2) is 0 Å². The van der Waals surface area contributed by atoms with Gasteiger partial charge in [-0.15, -0.1) is 0 Å². The van der Waals surface area contributed by atoms with E-state index in [0.29, 0.717) is 13.0 Å². The molecule has 0 aromatic heterocycles. The van der Waals surface area contributed by atoms with E-state index in [0.717, 1.165) is 0 Å². The fourth-order valence-electron chi connectivity index (χ4n) is 1.99. The maximum absolute atomic E-state index is 11.5. The van der Waals surface area contributed by atoms with Crippen LogP contribution in [-0.4, -0.2) is 46.4 Å². The molecule has 0 spiro atoms. The minimum absolute atomic E-state index is 0.0749. The molecule has 1 atom stereocenters. The largest absolute Gasteiger partial charge is 0.481 e. The average molecular weight is 242 g/mol. The first-order valence-corrected chi connectivity index (χ1v) is 5.73. The minimum Gasteiger partial charge on any atom is -0.481 e. The van der Waals surface area contributed by atoms with E-state index >= 15 is 0 Å². The summed E-state index contributed by atoms with van der Waals surface area (Å²) >= 11 is 0. The quantitative estimate of drug-likeness (QED) is 0.639. The van der Waals surface area contributed by atoms with Crippen molar-refractivity contribution in [1.82, 2.24) is 10.2 Å². The highest BCUT2D eigenvalue weighted by atomic mass is 16.4. The summed E-state index contributed by atoms with van der Waals surface area (Å²) in [5, 5.41) is 10.8. The summed E-state index contributed by atoms with van der Waals surface area (Å²) in [4.78, 5) is 35.0.